The Hall–Kier alpha value is -0.510. The van der Waals surface area contributed by atoms with Crippen LogP contribution in [0, 0.1) is 0 Å². The molecule has 0 amide bonds. The Morgan fingerprint density at radius 3 is 2.58 bits per heavy atom. The predicted octanol–water partition coefficient (Wildman–Crippen LogP) is 3.63. The molecule has 1 aromatic carbocycles. The second-order valence-corrected chi connectivity index (χ2v) is 6.98. The summed E-state index contributed by atoms with van der Waals surface area (Å²) < 4.78 is 6.25. The summed E-state index contributed by atoms with van der Waals surface area (Å²) in [6.45, 7) is 0.160. The molecule has 1 saturated carbocycles. The number of benzene rings is 1. The molecule has 1 aliphatic heterocycles. The number of aliphatic hydroxyl groups excluding tert-OH is 1. The predicted molar refractivity (Wildman–Crippen MR) is 78.5 cm³/mol. The van der Waals surface area contributed by atoms with Gasteiger partial charge < -0.3 is 9.84 Å². The standard InChI is InChI=1S/C16H22O2S/c17-12-13-11-15(19-14-7-3-1-4-8-14)16(18-13)9-5-2-6-10-16/h1,3-4,7-8,13,15,17H,2,5-6,9-12H2/t13-,15-/m1/s1. The Labute approximate surface area is 119 Å². The summed E-state index contributed by atoms with van der Waals surface area (Å²) in [6.07, 6.45) is 7.21. The van der Waals surface area contributed by atoms with Gasteiger partial charge in [-0.25, -0.2) is 0 Å². The Morgan fingerprint density at radius 1 is 1.16 bits per heavy atom. The van der Waals surface area contributed by atoms with Gasteiger partial charge in [0, 0.05) is 10.1 Å². The van der Waals surface area contributed by atoms with Gasteiger partial charge >= 0.3 is 0 Å². The third-order valence-corrected chi connectivity index (χ3v) is 5.84. The van der Waals surface area contributed by atoms with Crippen molar-refractivity contribution < 1.29 is 9.84 Å². The molecule has 2 aliphatic rings. The largest absolute Gasteiger partial charge is 0.394 e. The van der Waals surface area contributed by atoms with Crippen LogP contribution in [0.5, 0.6) is 0 Å². The zero-order chi connectivity index (χ0) is 13.1. The van der Waals surface area contributed by atoms with Crippen LogP contribution in [0.3, 0.4) is 0 Å². The van der Waals surface area contributed by atoms with Crippen molar-refractivity contribution in [2.24, 2.45) is 0 Å². The minimum Gasteiger partial charge on any atom is -0.394 e. The molecular formula is C16H22O2S. The van der Waals surface area contributed by atoms with Gasteiger partial charge in [-0.2, -0.15) is 0 Å². The van der Waals surface area contributed by atoms with Crippen molar-refractivity contribution in [3.63, 3.8) is 0 Å². The zero-order valence-corrected chi connectivity index (χ0v) is 12.1. The molecule has 2 atom stereocenters. The third-order valence-electron chi connectivity index (χ3n) is 4.39. The number of hydrogen-bond donors (Lipinski definition) is 1. The first-order chi connectivity index (χ1) is 9.32. The van der Waals surface area contributed by atoms with Crippen molar-refractivity contribution in [3.8, 4) is 0 Å². The molecule has 1 saturated heterocycles. The molecule has 3 rings (SSSR count). The second-order valence-electron chi connectivity index (χ2n) is 5.70. The minimum absolute atomic E-state index is 0.0200. The number of ether oxygens (including phenoxy) is 1. The summed E-state index contributed by atoms with van der Waals surface area (Å²) in [5.41, 5.74) is 0.0200. The van der Waals surface area contributed by atoms with Gasteiger partial charge in [0.2, 0.25) is 0 Å². The number of rotatable bonds is 3. The molecule has 1 aliphatic carbocycles. The van der Waals surface area contributed by atoms with Gasteiger partial charge in [0.15, 0.2) is 0 Å². The van der Waals surface area contributed by atoms with Crippen molar-refractivity contribution >= 4 is 11.8 Å². The maximum Gasteiger partial charge on any atom is 0.0825 e. The van der Waals surface area contributed by atoms with E-state index in [-0.39, 0.29) is 18.3 Å². The highest BCUT2D eigenvalue weighted by atomic mass is 32.2. The van der Waals surface area contributed by atoms with Gasteiger partial charge in [0.05, 0.1) is 18.3 Å². The topological polar surface area (TPSA) is 29.5 Å². The van der Waals surface area contributed by atoms with Crippen molar-refractivity contribution in [3.05, 3.63) is 30.3 Å². The van der Waals surface area contributed by atoms with Gasteiger partial charge in [0.1, 0.15) is 0 Å². The van der Waals surface area contributed by atoms with Crippen LogP contribution in [0.2, 0.25) is 0 Å². The van der Waals surface area contributed by atoms with Crippen molar-refractivity contribution in [2.75, 3.05) is 6.61 Å². The smallest absolute Gasteiger partial charge is 0.0825 e. The highest BCUT2D eigenvalue weighted by molar-refractivity contribution is 8.00. The van der Waals surface area contributed by atoms with E-state index in [2.05, 4.69) is 30.3 Å². The lowest BCUT2D eigenvalue weighted by Crippen LogP contribution is -2.39. The van der Waals surface area contributed by atoms with Gasteiger partial charge in [-0.1, -0.05) is 37.5 Å². The zero-order valence-electron chi connectivity index (χ0n) is 11.3. The van der Waals surface area contributed by atoms with E-state index < -0.39 is 0 Å². The van der Waals surface area contributed by atoms with E-state index in [1.165, 1.54) is 24.2 Å². The molecule has 104 valence electrons. The highest BCUT2D eigenvalue weighted by Crippen LogP contribution is 2.49. The molecule has 1 N–H and O–H groups in total. The molecule has 0 bridgehead atoms. The highest BCUT2D eigenvalue weighted by Gasteiger charge is 2.48. The molecule has 2 nitrogen and oxygen atoms in total. The Morgan fingerprint density at radius 2 is 1.89 bits per heavy atom. The fraction of sp³-hybridized carbons (Fsp3) is 0.625. The number of hydrogen-bond acceptors (Lipinski definition) is 3. The Bertz CT molecular complexity index is 400. The second kappa shape index (κ2) is 5.86. The minimum atomic E-state index is 0.0200. The summed E-state index contributed by atoms with van der Waals surface area (Å²) in [4.78, 5) is 1.32. The normalized spacial score (nSPS) is 29.7. The van der Waals surface area contributed by atoms with E-state index in [9.17, 15) is 5.11 Å². The average Bonchev–Trinajstić information content (AvgIpc) is 2.79. The van der Waals surface area contributed by atoms with Gasteiger partial charge in [0.25, 0.3) is 0 Å². The van der Waals surface area contributed by atoms with E-state index in [1.807, 2.05) is 11.8 Å². The van der Waals surface area contributed by atoms with Crippen LogP contribution >= 0.6 is 11.8 Å². The van der Waals surface area contributed by atoms with Crippen molar-refractivity contribution in [1.29, 1.82) is 0 Å². The molecule has 1 heterocycles. The summed E-state index contributed by atoms with van der Waals surface area (Å²) in [5, 5.41) is 9.92. The Balaban J connectivity index is 1.77. The first-order valence-corrected chi connectivity index (χ1v) is 8.21. The quantitative estimate of drug-likeness (QED) is 0.915. The van der Waals surface area contributed by atoms with Crippen molar-refractivity contribution in [2.45, 2.75) is 60.4 Å². The lowest BCUT2D eigenvalue weighted by Gasteiger charge is -2.37. The van der Waals surface area contributed by atoms with Crippen LogP contribution < -0.4 is 0 Å². The molecule has 2 fully saturated rings. The van der Waals surface area contributed by atoms with Crippen LogP contribution in [-0.2, 0) is 4.74 Å². The molecule has 1 aromatic rings. The summed E-state index contributed by atoms with van der Waals surface area (Å²) in [5.74, 6) is 0. The lowest BCUT2D eigenvalue weighted by molar-refractivity contribution is -0.0761. The molecule has 3 heteroatoms. The van der Waals surface area contributed by atoms with Crippen molar-refractivity contribution in [1.82, 2.24) is 0 Å². The first-order valence-electron chi connectivity index (χ1n) is 7.33. The molecule has 1 spiro atoms. The lowest BCUT2D eigenvalue weighted by atomic mass is 9.82. The molecular weight excluding hydrogens is 256 g/mol. The SMILES string of the molecule is OC[C@H]1C[C@@H](Sc2ccccc2)C2(CCCCC2)O1. The molecule has 0 unspecified atom stereocenters. The van der Waals surface area contributed by atoms with Crippen LogP contribution in [0.1, 0.15) is 38.5 Å². The summed E-state index contributed by atoms with van der Waals surface area (Å²) in [6, 6.07) is 10.6. The molecule has 0 aromatic heterocycles. The first kappa shape index (κ1) is 13.5. The van der Waals surface area contributed by atoms with Crippen LogP contribution in [-0.4, -0.2) is 28.7 Å². The van der Waals surface area contributed by atoms with E-state index in [4.69, 9.17) is 4.74 Å². The van der Waals surface area contributed by atoms with E-state index in [0.717, 1.165) is 19.3 Å². The fourth-order valence-electron chi connectivity index (χ4n) is 3.43. The van der Waals surface area contributed by atoms with Gasteiger partial charge in [-0.05, 0) is 31.4 Å². The van der Waals surface area contributed by atoms with Gasteiger partial charge in [-0.3, -0.25) is 0 Å². The maximum absolute atomic E-state index is 9.43. The van der Waals surface area contributed by atoms with Gasteiger partial charge in [-0.15, -0.1) is 11.8 Å². The number of aliphatic hydroxyl groups is 1. The monoisotopic (exact) mass is 278 g/mol. The van der Waals surface area contributed by atoms with E-state index in [1.54, 1.807) is 0 Å². The third kappa shape index (κ3) is 2.83. The van der Waals surface area contributed by atoms with Crippen LogP contribution in [0.25, 0.3) is 0 Å². The Kier molecular flexibility index (Phi) is 4.15. The fourth-order valence-corrected chi connectivity index (χ4v) is 4.89. The van der Waals surface area contributed by atoms with E-state index >= 15 is 0 Å². The summed E-state index contributed by atoms with van der Waals surface area (Å²) >= 11 is 1.94. The number of thioether (sulfide) groups is 1. The summed E-state index contributed by atoms with van der Waals surface area (Å²) in [7, 11) is 0. The maximum atomic E-state index is 9.43. The van der Waals surface area contributed by atoms with E-state index in [0.29, 0.717) is 5.25 Å². The molecule has 19 heavy (non-hydrogen) atoms. The van der Waals surface area contributed by atoms with Crippen LogP contribution in [0.4, 0.5) is 0 Å². The average molecular weight is 278 g/mol. The van der Waals surface area contributed by atoms with Crippen LogP contribution in [0.15, 0.2) is 35.2 Å². The molecule has 0 radical (unpaired) electrons.